The maximum Gasteiger partial charge on any atom is 0.151 e. The molecule has 2 heterocycles. The Morgan fingerprint density at radius 2 is 1.91 bits per heavy atom. The average molecular weight is 332 g/mol. The number of hydrogen-bond acceptors (Lipinski definition) is 4. The lowest BCUT2D eigenvalue weighted by Crippen LogP contribution is -2.17. The predicted molar refractivity (Wildman–Crippen MR) is 86.3 cm³/mol. The molecule has 4 nitrogen and oxygen atoms in total. The molecule has 2 aromatic heterocycles. The number of hydrogen-bond donors (Lipinski definition) is 0. The van der Waals surface area contributed by atoms with Crippen LogP contribution in [0.4, 0.5) is 4.39 Å². The SMILES string of the molecule is CN(Cc1cc(-c2ccncc2)no1)Cc1ccc(Cl)cc1F. The highest BCUT2D eigenvalue weighted by Gasteiger charge is 2.11. The minimum Gasteiger partial charge on any atom is -0.359 e. The minimum absolute atomic E-state index is 0.306. The largest absolute Gasteiger partial charge is 0.359 e. The van der Waals surface area contributed by atoms with Crippen LogP contribution in [0.15, 0.2) is 53.3 Å². The third-order valence-electron chi connectivity index (χ3n) is 3.42. The van der Waals surface area contributed by atoms with Crippen molar-refractivity contribution < 1.29 is 8.91 Å². The molecule has 0 spiro atoms. The zero-order valence-corrected chi connectivity index (χ0v) is 13.3. The monoisotopic (exact) mass is 331 g/mol. The number of rotatable bonds is 5. The Kier molecular flexibility index (Phi) is 4.69. The summed E-state index contributed by atoms with van der Waals surface area (Å²) in [4.78, 5) is 5.92. The van der Waals surface area contributed by atoms with E-state index in [0.29, 0.717) is 29.4 Å². The van der Waals surface area contributed by atoms with E-state index in [1.54, 1.807) is 24.5 Å². The van der Waals surface area contributed by atoms with Crippen LogP contribution < -0.4 is 0 Å². The second kappa shape index (κ2) is 6.89. The van der Waals surface area contributed by atoms with Crippen molar-refractivity contribution in [2.45, 2.75) is 13.1 Å². The van der Waals surface area contributed by atoms with Crippen LogP contribution in [-0.2, 0) is 13.1 Å². The van der Waals surface area contributed by atoms with Crippen molar-refractivity contribution in [3.05, 3.63) is 71.0 Å². The van der Waals surface area contributed by atoms with E-state index in [4.69, 9.17) is 16.1 Å². The van der Waals surface area contributed by atoms with Gasteiger partial charge < -0.3 is 4.52 Å². The van der Waals surface area contributed by atoms with Crippen molar-refractivity contribution in [1.29, 1.82) is 0 Å². The Balaban J connectivity index is 1.66. The molecule has 0 aliphatic heterocycles. The molecular weight excluding hydrogens is 317 g/mol. The van der Waals surface area contributed by atoms with Crippen molar-refractivity contribution in [2.75, 3.05) is 7.05 Å². The average Bonchev–Trinajstić information content (AvgIpc) is 2.99. The smallest absolute Gasteiger partial charge is 0.151 e. The third-order valence-corrected chi connectivity index (χ3v) is 3.65. The molecule has 0 saturated heterocycles. The molecule has 0 amide bonds. The second-order valence-corrected chi connectivity index (χ2v) is 5.76. The predicted octanol–water partition coefficient (Wildman–Crippen LogP) is 4.16. The van der Waals surface area contributed by atoms with Gasteiger partial charge in [-0.05, 0) is 31.3 Å². The summed E-state index contributed by atoms with van der Waals surface area (Å²) >= 11 is 5.76. The summed E-state index contributed by atoms with van der Waals surface area (Å²) in [7, 11) is 1.89. The number of halogens is 2. The van der Waals surface area contributed by atoms with E-state index in [1.165, 1.54) is 6.07 Å². The molecule has 0 aliphatic rings. The molecule has 0 bridgehead atoms. The third kappa shape index (κ3) is 3.94. The van der Waals surface area contributed by atoms with Gasteiger partial charge in [-0.25, -0.2) is 4.39 Å². The van der Waals surface area contributed by atoms with Gasteiger partial charge in [0.05, 0.1) is 6.54 Å². The maximum atomic E-state index is 13.8. The van der Waals surface area contributed by atoms with Crippen LogP contribution >= 0.6 is 11.6 Å². The lowest BCUT2D eigenvalue weighted by Gasteiger charge is -2.15. The van der Waals surface area contributed by atoms with Gasteiger partial charge in [-0.15, -0.1) is 0 Å². The van der Waals surface area contributed by atoms with Gasteiger partial charge in [0.15, 0.2) is 5.76 Å². The molecule has 0 radical (unpaired) electrons. The number of benzene rings is 1. The standard InChI is InChI=1S/C17H15ClFN3O/c1-22(10-13-2-3-14(18)8-16(13)19)11-15-9-17(21-23-15)12-4-6-20-7-5-12/h2-9H,10-11H2,1H3. The van der Waals surface area contributed by atoms with Crippen molar-refractivity contribution in [2.24, 2.45) is 0 Å². The molecule has 3 rings (SSSR count). The molecule has 118 valence electrons. The van der Waals surface area contributed by atoms with E-state index in [9.17, 15) is 4.39 Å². The first-order valence-corrected chi connectivity index (χ1v) is 7.48. The zero-order valence-electron chi connectivity index (χ0n) is 12.5. The van der Waals surface area contributed by atoms with E-state index >= 15 is 0 Å². The molecule has 0 fully saturated rings. The topological polar surface area (TPSA) is 42.2 Å². The van der Waals surface area contributed by atoms with Crippen LogP contribution in [0.5, 0.6) is 0 Å². The second-order valence-electron chi connectivity index (χ2n) is 5.32. The summed E-state index contributed by atoms with van der Waals surface area (Å²) in [6.45, 7) is 0.981. The van der Waals surface area contributed by atoms with E-state index in [0.717, 1.165) is 11.3 Å². The molecule has 0 saturated carbocycles. The quantitative estimate of drug-likeness (QED) is 0.704. The molecule has 0 N–H and O–H groups in total. The lowest BCUT2D eigenvalue weighted by molar-refractivity contribution is 0.264. The van der Waals surface area contributed by atoms with Gasteiger partial charge in [-0.1, -0.05) is 22.8 Å². The summed E-state index contributed by atoms with van der Waals surface area (Å²) < 4.78 is 19.2. The van der Waals surface area contributed by atoms with Crippen LogP contribution in [0.25, 0.3) is 11.3 Å². The highest BCUT2D eigenvalue weighted by Crippen LogP contribution is 2.20. The van der Waals surface area contributed by atoms with Crippen molar-refractivity contribution in [3.63, 3.8) is 0 Å². The fourth-order valence-electron chi connectivity index (χ4n) is 2.31. The van der Waals surface area contributed by atoms with Gasteiger partial charge in [-0.2, -0.15) is 0 Å². The summed E-state index contributed by atoms with van der Waals surface area (Å²) in [6.07, 6.45) is 3.41. The number of pyridine rings is 1. The first kappa shape index (κ1) is 15.6. The van der Waals surface area contributed by atoms with Gasteiger partial charge in [0.25, 0.3) is 0 Å². The Morgan fingerprint density at radius 1 is 1.13 bits per heavy atom. The normalized spacial score (nSPS) is 11.1. The van der Waals surface area contributed by atoms with E-state index in [1.807, 2.05) is 30.1 Å². The molecule has 0 atom stereocenters. The maximum absolute atomic E-state index is 13.8. The molecule has 0 unspecified atom stereocenters. The zero-order chi connectivity index (χ0) is 16.2. The van der Waals surface area contributed by atoms with Crippen molar-refractivity contribution in [1.82, 2.24) is 15.0 Å². The van der Waals surface area contributed by atoms with Gasteiger partial charge >= 0.3 is 0 Å². The van der Waals surface area contributed by atoms with Crippen molar-refractivity contribution >= 4 is 11.6 Å². The summed E-state index contributed by atoms with van der Waals surface area (Å²) in [6, 6.07) is 10.3. The minimum atomic E-state index is -0.306. The molecule has 0 aliphatic carbocycles. The van der Waals surface area contributed by atoms with Crippen LogP contribution in [0.1, 0.15) is 11.3 Å². The molecule has 3 aromatic rings. The van der Waals surface area contributed by atoms with E-state index in [-0.39, 0.29) is 5.82 Å². The van der Waals surface area contributed by atoms with Gasteiger partial charge in [0, 0.05) is 41.2 Å². The summed E-state index contributed by atoms with van der Waals surface area (Å²) in [5.74, 6) is 0.410. The fraction of sp³-hybridized carbons (Fsp3) is 0.176. The Labute approximate surface area is 138 Å². The van der Waals surface area contributed by atoms with Crippen LogP contribution in [0.3, 0.4) is 0 Å². The molecular formula is C17H15ClFN3O. The van der Waals surface area contributed by atoms with Crippen LogP contribution in [-0.4, -0.2) is 22.1 Å². The first-order chi connectivity index (χ1) is 11.1. The first-order valence-electron chi connectivity index (χ1n) is 7.10. The Hall–Kier alpha value is -2.24. The van der Waals surface area contributed by atoms with Crippen LogP contribution in [0.2, 0.25) is 5.02 Å². The highest BCUT2D eigenvalue weighted by molar-refractivity contribution is 6.30. The number of aromatic nitrogens is 2. The highest BCUT2D eigenvalue weighted by atomic mass is 35.5. The van der Waals surface area contributed by atoms with Gasteiger partial charge in [0.2, 0.25) is 0 Å². The molecule has 23 heavy (non-hydrogen) atoms. The summed E-state index contributed by atoms with van der Waals surface area (Å²) in [5.41, 5.74) is 2.29. The summed E-state index contributed by atoms with van der Waals surface area (Å²) in [5, 5.41) is 4.45. The van der Waals surface area contributed by atoms with E-state index in [2.05, 4.69) is 10.1 Å². The van der Waals surface area contributed by atoms with Gasteiger partial charge in [-0.3, -0.25) is 9.88 Å². The van der Waals surface area contributed by atoms with Crippen LogP contribution in [0, 0.1) is 5.82 Å². The number of nitrogens with zero attached hydrogens (tertiary/aromatic N) is 3. The van der Waals surface area contributed by atoms with E-state index < -0.39 is 0 Å². The molecule has 6 heteroatoms. The fourth-order valence-corrected chi connectivity index (χ4v) is 2.47. The lowest BCUT2D eigenvalue weighted by atomic mass is 10.2. The van der Waals surface area contributed by atoms with Crippen molar-refractivity contribution in [3.8, 4) is 11.3 Å². The molecule has 1 aromatic carbocycles. The van der Waals surface area contributed by atoms with Gasteiger partial charge in [0.1, 0.15) is 11.5 Å². The Bertz CT molecular complexity index is 792. The Morgan fingerprint density at radius 3 is 2.65 bits per heavy atom.